The molecule has 0 saturated carbocycles. The number of anilines is 1. The number of amides is 2. The minimum Gasteiger partial charge on any atom is -0.490 e. The molecule has 2 aromatic carbocycles. The van der Waals surface area contributed by atoms with Gasteiger partial charge >= 0.3 is 5.97 Å². The van der Waals surface area contributed by atoms with Gasteiger partial charge in [0.05, 0.1) is 23.8 Å². The second-order valence-electron chi connectivity index (χ2n) is 6.09. The maximum absolute atomic E-state index is 12.7. The normalized spacial score (nSPS) is 14.9. The van der Waals surface area contributed by atoms with E-state index in [9.17, 15) is 14.4 Å². The second-order valence-corrected chi connectivity index (χ2v) is 7.08. The molecule has 7 nitrogen and oxygen atoms in total. The largest absolute Gasteiger partial charge is 0.490 e. The summed E-state index contributed by atoms with van der Waals surface area (Å²) >= 11 is 0.880. The van der Waals surface area contributed by atoms with Crippen LogP contribution in [-0.2, 0) is 14.3 Å². The third-order valence-corrected chi connectivity index (χ3v) is 4.89. The Morgan fingerprint density at radius 2 is 1.77 bits per heavy atom. The number of thioether (sulfide) groups is 1. The zero-order valence-corrected chi connectivity index (χ0v) is 17.4. The summed E-state index contributed by atoms with van der Waals surface area (Å²) in [6.45, 7) is 3.98. The van der Waals surface area contributed by atoms with Gasteiger partial charge in [0, 0.05) is 0 Å². The summed E-state index contributed by atoms with van der Waals surface area (Å²) in [5.74, 6) is -0.0345. The first-order chi connectivity index (χ1) is 14.5. The molecule has 0 N–H and O–H groups in total. The quantitative estimate of drug-likeness (QED) is 0.460. The van der Waals surface area contributed by atoms with Crippen LogP contribution in [0, 0.1) is 0 Å². The average Bonchev–Trinajstić information content (AvgIpc) is 3.01. The fraction of sp³-hybridized carbons (Fsp3) is 0.227. The van der Waals surface area contributed by atoms with Crippen LogP contribution in [0.15, 0.2) is 53.4 Å². The first-order valence-electron chi connectivity index (χ1n) is 9.41. The molecule has 0 bridgehead atoms. The number of hydrogen-bond donors (Lipinski definition) is 0. The number of ether oxygens (including phenoxy) is 3. The van der Waals surface area contributed by atoms with Crippen LogP contribution in [0.2, 0.25) is 0 Å². The van der Waals surface area contributed by atoms with Crippen molar-refractivity contribution in [2.45, 2.75) is 13.8 Å². The van der Waals surface area contributed by atoms with E-state index in [1.54, 1.807) is 55.5 Å². The van der Waals surface area contributed by atoms with Gasteiger partial charge < -0.3 is 14.2 Å². The van der Waals surface area contributed by atoms with E-state index >= 15 is 0 Å². The average molecular weight is 427 g/mol. The topological polar surface area (TPSA) is 82.1 Å². The molecular formula is C22H21NO6S. The number of rotatable bonds is 8. The van der Waals surface area contributed by atoms with Crippen molar-refractivity contribution < 1.29 is 28.6 Å². The first-order valence-corrected chi connectivity index (χ1v) is 10.2. The molecule has 0 aliphatic carbocycles. The molecule has 2 amide bonds. The molecule has 1 heterocycles. The van der Waals surface area contributed by atoms with Gasteiger partial charge in [-0.3, -0.25) is 9.59 Å². The van der Waals surface area contributed by atoms with Crippen LogP contribution in [0.25, 0.3) is 6.08 Å². The molecule has 3 rings (SSSR count). The van der Waals surface area contributed by atoms with Gasteiger partial charge in [0.25, 0.3) is 11.1 Å². The Labute approximate surface area is 178 Å². The van der Waals surface area contributed by atoms with Crippen molar-refractivity contribution in [3.63, 3.8) is 0 Å². The number of carbonyl (C=O) groups excluding carboxylic acids is 3. The Balaban J connectivity index is 1.81. The summed E-state index contributed by atoms with van der Waals surface area (Å²) in [7, 11) is 0. The molecule has 1 aliphatic rings. The lowest BCUT2D eigenvalue weighted by Crippen LogP contribution is -2.27. The summed E-state index contributed by atoms with van der Waals surface area (Å²) < 4.78 is 15.9. The number of para-hydroxylation sites is 1. The fourth-order valence-electron chi connectivity index (χ4n) is 2.76. The van der Waals surface area contributed by atoms with Crippen LogP contribution in [0.1, 0.15) is 19.4 Å². The van der Waals surface area contributed by atoms with E-state index < -0.39 is 5.97 Å². The van der Waals surface area contributed by atoms with E-state index in [2.05, 4.69) is 0 Å². The first kappa shape index (κ1) is 21.4. The van der Waals surface area contributed by atoms with E-state index in [-0.39, 0.29) is 24.4 Å². The zero-order valence-electron chi connectivity index (χ0n) is 16.6. The lowest BCUT2D eigenvalue weighted by atomic mass is 10.1. The van der Waals surface area contributed by atoms with E-state index in [4.69, 9.17) is 14.2 Å². The highest BCUT2D eigenvalue weighted by Gasteiger charge is 2.36. The van der Waals surface area contributed by atoms with Crippen LogP contribution in [-0.4, -0.2) is 36.9 Å². The lowest BCUT2D eigenvalue weighted by Gasteiger charge is -2.12. The summed E-state index contributed by atoms with van der Waals surface area (Å²) in [6, 6.07) is 13.8. The second kappa shape index (κ2) is 9.98. The fourth-order valence-corrected chi connectivity index (χ4v) is 3.60. The van der Waals surface area contributed by atoms with Crippen molar-refractivity contribution in [1.82, 2.24) is 0 Å². The maximum atomic E-state index is 12.7. The predicted octanol–water partition coefficient (Wildman–Crippen LogP) is 4.27. The molecule has 0 unspecified atom stereocenters. The molecule has 8 heteroatoms. The Morgan fingerprint density at radius 1 is 1.00 bits per heavy atom. The van der Waals surface area contributed by atoms with E-state index in [1.807, 2.05) is 13.0 Å². The van der Waals surface area contributed by atoms with Gasteiger partial charge in [-0.2, -0.15) is 0 Å². The van der Waals surface area contributed by atoms with Crippen molar-refractivity contribution in [3.8, 4) is 11.5 Å². The zero-order chi connectivity index (χ0) is 21.5. The molecule has 30 heavy (non-hydrogen) atoms. The molecule has 0 atom stereocenters. The van der Waals surface area contributed by atoms with Gasteiger partial charge in [0.1, 0.15) is 0 Å². The third-order valence-electron chi connectivity index (χ3n) is 4.02. The van der Waals surface area contributed by atoms with Crippen LogP contribution >= 0.6 is 11.8 Å². The Kier molecular flexibility index (Phi) is 7.13. The molecule has 0 aromatic heterocycles. The standard InChI is InChI=1S/C22H21NO6S/c1-3-27-18-12-15(10-11-17(18)29-14-20(24)28-4-2)13-19-21(25)23(22(26)30-19)16-8-6-5-7-9-16/h5-13H,3-4,14H2,1-2H3/b19-13+. The Morgan fingerprint density at radius 3 is 2.47 bits per heavy atom. The molecule has 156 valence electrons. The van der Waals surface area contributed by atoms with E-state index in [0.717, 1.165) is 16.7 Å². The summed E-state index contributed by atoms with van der Waals surface area (Å²) in [5.41, 5.74) is 1.20. The van der Waals surface area contributed by atoms with E-state index in [1.165, 1.54) is 0 Å². The molecular weight excluding hydrogens is 406 g/mol. The van der Waals surface area contributed by atoms with Gasteiger partial charge in [-0.05, 0) is 61.5 Å². The van der Waals surface area contributed by atoms with Gasteiger partial charge in [-0.25, -0.2) is 9.69 Å². The maximum Gasteiger partial charge on any atom is 0.344 e. The van der Waals surface area contributed by atoms with Gasteiger partial charge in [-0.15, -0.1) is 0 Å². The lowest BCUT2D eigenvalue weighted by molar-refractivity contribution is -0.145. The van der Waals surface area contributed by atoms with Crippen LogP contribution in [0.3, 0.4) is 0 Å². The summed E-state index contributed by atoms with van der Waals surface area (Å²) in [6.07, 6.45) is 1.63. The number of imide groups is 1. The monoisotopic (exact) mass is 427 g/mol. The molecule has 0 spiro atoms. The van der Waals surface area contributed by atoms with Crippen molar-refractivity contribution in [1.29, 1.82) is 0 Å². The third kappa shape index (κ3) is 5.01. The molecule has 1 fully saturated rings. The van der Waals surface area contributed by atoms with Crippen molar-refractivity contribution in [3.05, 3.63) is 59.0 Å². The van der Waals surface area contributed by atoms with Crippen molar-refractivity contribution in [2.24, 2.45) is 0 Å². The van der Waals surface area contributed by atoms with Crippen molar-refractivity contribution >= 4 is 40.6 Å². The van der Waals surface area contributed by atoms with Crippen LogP contribution in [0.4, 0.5) is 10.5 Å². The highest BCUT2D eigenvalue weighted by molar-refractivity contribution is 8.19. The van der Waals surface area contributed by atoms with Gasteiger partial charge in [0.15, 0.2) is 18.1 Å². The number of nitrogens with zero attached hydrogens (tertiary/aromatic N) is 1. The minimum atomic E-state index is -0.474. The highest BCUT2D eigenvalue weighted by atomic mass is 32.2. The number of carbonyl (C=O) groups is 3. The smallest absolute Gasteiger partial charge is 0.344 e. The SMILES string of the molecule is CCOC(=O)COc1ccc(/C=C2/SC(=O)N(c3ccccc3)C2=O)cc1OCC. The Hall–Kier alpha value is -3.26. The van der Waals surface area contributed by atoms with Gasteiger partial charge in [-0.1, -0.05) is 24.3 Å². The van der Waals surface area contributed by atoms with Crippen molar-refractivity contribution in [2.75, 3.05) is 24.7 Å². The predicted molar refractivity (Wildman–Crippen MR) is 115 cm³/mol. The highest BCUT2D eigenvalue weighted by Crippen LogP contribution is 2.37. The molecule has 1 aliphatic heterocycles. The number of benzene rings is 2. The van der Waals surface area contributed by atoms with Gasteiger partial charge in [0.2, 0.25) is 0 Å². The number of esters is 1. The van der Waals surface area contributed by atoms with Crippen LogP contribution < -0.4 is 14.4 Å². The Bertz CT molecular complexity index is 973. The van der Waals surface area contributed by atoms with E-state index in [0.29, 0.717) is 34.3 Å². The summed E-state index contributed by atoms with van der Waals surface area (Å²) in [4.78, 5) is 38.1. The molecule has 2 aromatic rings. The molecule has 1 saturated heterocycles. The number of hydrogen-bond acceptors (Lipinski definition) is 7. The van der Waals surface area contributed by atoms with Crippen LogP contribution in [0.5, 0.6) is 11.5 Å². The molecule has 0 radical (unpaired) electrons. The summed E-state index contributed by atoms with van der Waals surface area (Å²) in [5, 5.41) is -0.350. The minimum absolute atomic E-state index is 0.233.